The molecule has 0 saturated carbocycles. The van der Waals surface area contributed by atoms with Crippen molar-refractivity contribution in [1.82, 2.24) is 5.32 Å². The van der Waals surface area contributed by atoms with Gasteiger partial charge in [-0.3, -0.25) is 0 Å². The van der Waals surface area contributed by atoms with Crippen molar-refractivity contribution in [2.45, 2.75) is 12.3 Å². The Hall–Kier alpha value is -1.84. The van der Waals surface area contributed by atoms with Crippen molar-refractivity contribution in [3.05, 3.63) is 28.2 Å². The number of halogens is 5. The van der Waals surface area contributed by atoms with Crippen molar-refractivity contribution in [3.8, 4) is 0 Å². The Labute approximate surface area is 124 Å². The Morgan fingerprint density at radius 1 is 1.33 bits per heavy atom. The number of hydrogen-bond acceptors (Lipinski definition) is 2. The molecule has 10 heteroatoms. The second-order valence-electron chi connectivity index (χ2n) is 3.87. The van der Waals surface area contributed by atoms with Gasteiger partial charge in [-0.15, -0.1) is 0 Å². The van der Waals surface area contributed by atoms with Gasteiger partial charge in [0.05, 0.1) is 17.8 Å². The maximum Gasteiger partial charge on any atom is 0.335 e. The second kappa shape index (κ2) is 6.74. The molecular weight excluding hydrogens is 364 g/mol. The molecule has 1 aromatic rings. The molecule has 1 rings (SSSR count). The zero-order chi connectivity index (χ0) is 16.2. The molecular formula is C11H9BrF4N2O3. The van der Waals surface area contributed by atoms with Crippen LogP contribution in [-0.2, 0) is 0 Å². The molecule has 0 saturated heterocycles. The number of aromatic carboxylic acids is 1. The molecule has 0 unspecified atom stereocenters. The summed E-state index contributed by atoms with van der Waals surface area (Å²) in [6.45, 7) is -1.53. The minimum Gasteiger partial charge on any atom is -0.478 e. The molecule has 0 radical (unpaired) electrons. The van der Waals surface area contributed by atoms with Gasteiger partial charge in [0.25, 0.3) is 0 Å². The van der Waals surface area contributed by atoms with E-state index in [-0.39, 0.29) is 15.7 Å². The topological polar surface area (TPSA) is 78.4 Å². The van der Waals surface area contributed by atoms with Gasteiger partial charge in [-0.2, -0.15) is 8.78 Å². The summed E-state index contributed by atoms with van der Waals surface area (Å²) in [5.41, 5.74) is 0.0370. The number of benzene rings is 1. The zero-order valence-electron chi connectivity index (χ0n) is 10.2. The van der Waals surface area contributed by atoms with Crippen LogP contribution < -0.4 is 10.6 Å². The molecule has 1 aromatic carbocycles. The number of hydrogen-bond donors (Lipinski definition) is 3. The number of rotatable bonds is 5. The normalized spacial score (nSPS) is 11.3. The van der Waals surface area contributed by atoms with Gasteiger partial charge < -0.3 is 15.7 Å². The molecule has 2 amide bonds. The van der Waals surface area contributed by atoms with Crippen LogP contribution in [0, 0.1) is 0 Å². The van der Waals surface area contributed by atoms with Crippen molar-refractivity contribution < 1.29 is 32.3 Å². The van der Waals surface area contributed by atoms with E-state index < -0.39 is 30.9 Å². The van der Waals surface area contributed by atoms with Crippen LogP contribution in [0.25, 0.3) is 0 Å². The number of anilines is 1. The van der Waals surface area contributed by atoms with Crippen LogP contribution in [-0.4, -0.2) is 36.0 Å². The smallest absolute Gasteiger partial charge is 0.335 e. The van der Waals surface area contributed by atoms with E-state index in [9.17, 15) is 27.2 Å². The first kappa shape index (κ1) is 17.2. The average molecular weight is 373 g/mol. The quantitative estimate of drug-likeness (QED) is 0.694. The lowest BCUT2D eigenvalue weighted by molar-refractivity contribution is -0.123. The Balaban J connectivity index is 2.66. The van der Waals surface area contributed by atoms with Crippen molar-refractivity contribution in [1.29, 1.82) is 0 Å². The van der Waals surface area contributed by atoms with Crippen molar-refractivity contribution in [2.24, 2.45) is 0 Å². The van der Waals surface area contributed by atoms with Crippen LogP contribution in [0.2, 0.25) is 0 Å². The van der Waals surface area contributed by atoms with Crippen LogP contribution in [0.3, 0.4) is 0 Å². The standard InChI is InChI=1S/C11H9BrF4N2O3/c12-6-3-5(8(19)20)1-2-7(6)18-10(21)17-4-11(15,16)9(13)14/h1-3,9H,4H2,(H,19,20)(H2,17,18,21). The fraction of sp³-hybridized carbons (Fsp3) is 0.273. The van der Waals surface area contributed by atoms with E-state index in [1.807, 2.05) is 0 Å². The maximum atomic E-state index is 12.6. The summed E-state index contributed by atoms with van der Waals surface area (Å²) in [6, 6.07) is 2.46. The first-order chi connectivity index (χ1) is 9.63. The predicted molar refractivity (Wildman–Crippen MR) is 69.1 cm³/mol. The third kappa shape index (κ3) is 4.88. The van der Waals surface area contributed by atoms with E-state index in [0.717, 1.165) is 0 Å². The molecule has 3 N–H and O–H groups in total. The van der Waals surface area contributed by atoms with Crippen LogP contribution >= 0.6 is 15.9 Å². The highest BCUT2D eigenvalue weighted by molar-refractivity contribution is 9.10. The van der Waals surface area contributed by atoms with E-state index in [2.05, 4.69) is 21.2 Å². The van der Waals surface area contributed by atoms with Crippen molar-refractivity contribution in [2.75, 3.05) is 11.9 Å². The summed E-state index contributed by atoms with van der Waals surface area (Å²) in [5, 5.41) is 12.5. The van der Waals surface area contributed by atoms with E-state index in [1.54, 1.807) is 5.32 Å². The molecule has 0 fully saturated rings. The summed E-state index contributed by atoms with van der Waals surface area (Å²) in [6.07, 6.45) is -3.89. The van der Waals surface area contributed by atoms with E-state index >= 15 is 0 Å². The van der Waals surface area contributed by atoms with E-state index in [1.165, 1.54) is 18.2 Å². The lowest BCUT2D eigenvalue weighted by Crippen LogP contribution is -2.43. The monoisotopic (exact) mass is 372 g/mol. The van der Waals surface area contributed by atoms with Gasteiger partial charge in [0.1, 0.15) is 0 Å². The number of carbonyl (C=O) groups excluding carboxylic acids is 1. The molecule has 0 aliphatic heterocycles. The van der Waals surface area contributed by atoms with Gasteiger partial charge in [0, 0.05) is 4.47 Å². The summed E-state index contributed by atoms with van der Waals surface area (Å²) < 4.78 is 49.2. The van der Waals surface area contributed by atoms with Crippen molar-refractivity contribution in [3.63, 3.8) is 0 Å². The van der Waals surface area contributed by atoms with Gasteiger partial charge in [0.15, 0.2) is 0 Å². The Kier molecular flexibility index (Phi) is 5.53. The molecule has 0 spiro atoms. The zero-order valence-corrected chi connectivity index (χ0v) is 11.8. The largest absolute Gasteiger partial charge is 0.478 e. The minimum atomic E-state index is -4.33. The number of carbonyl (C=O) groups is 2. The molecule has 0 bridgehead atoms. The number of nitrogens with one attached hydrogen (secondary N) is 2. The summed E-state index contributed by atoms with van der Waals surface area (Å²) >= 11 is 2.98. The molecule has 0 heterocycles. The highest BCUT2D eigenvalue weighted by Gasteiger charge is 2.40. The highest BCUT2D eigenvalue weighted by atomic mass is 79.9. The highest BCUT2D eigenvalue weighted by Crippen LogP contribution is 2.24. The number of carboxylic acids is 1. The Bertz CT molecular complexity index is 554. The van der Waals surface area contributed by atoms with Crippen LogP contribution in [0.5, 0.6) is 0 Å². The Morgan fingerprint density at radius 3 is 2.43 bits per heavy atom. The SMILES string of the molecule is O=C(NCC(F)(F)C(F)F)Nc1ccc(C(=O)O)cc1Br. The van der Waals surface area contributed by atoms with Crippen LogP contribution in [0.4, 0.5) is 28.0 Å². The molecule has 0 aliphatic carbocycles. The summed E-state index contributed by atoms with van der Waals surface area (Å²) in [5.74, 6) is -5.52. The van der Waals surface area contributed by atoms with Gasteiger partial charge in [0.2, 0.25) is 0 Å². The lowest BCUT2D eigenvalue weighted by atomic mass is 10.2. The summed E-state index contributed by atoms with van der Waals surface area (Å²) in [4.78, 5) is 22.0. The third-order valence-corrected chi connectivity index (χ3v) is 2.92. The maximum absolute atomic E-state index is 12.6. The number of alkyl halides is 4. The molecule has 0 aliphatic rings. The average Bonchev–Trinajstić information content (AvgIpc) is 2.38. The molecule has 116 valence electrons. The van der Waals surface area contributed by atoms with Crippen molar-refractivity contribution >= 4 is 33.6 Å². The van der Waals surface area contributed by atoms with E-state index in [0.29, 0.717) is 0 Å². The minimum absolute atomic E-state index is 0.0583. The fourth-order valence-electron chi connectivity index (χ4n) is 1.19. The number of carboxylic acid groups (broad SMARTS) is 1. The number of urea groups is 1. The van der Waals surface area contributed by atoms with Gasteiger partial charge >= 0.3 is 24.3 Å². The molecule has 5 nitrogen and oxygen atoms in total. The first-order valence-electron chi connectivity index (χ1n) is 5.37. The predicted octanol–water partition coefficient (Wildman–Crippen LogP) is 3.17. The lowest BCUT2D eigenvalue weighted by Gasteiger charge is -2.16. The third-order valence-electron chi connectivity index (χ3n) is 2.27. The van der Waals surface area contributed by atoms with Gasteiger partial charge in [-0.05, 0) is 34.1 Å². The molecule has 0 aromatic heterocycles. The van der Waals surface area contributed by atoms with Gasteiger partial charge in [-0.1, -0.05) is 0 Å². The summed E-state index contributed by atoms with van der Waals surface area (Å²) in [7, 11) is 0. The molecule has 21 heavy (non-hydrogen) atoms. The van der Waals surface area contributed by atoms with Crippen LogP contribution in [0.15, 0.2) is 22.7 Å². The van der Waals surface area contributed by atoms with Gasteiger partial charge in [-0.25, -0.2) is 18.4 Å². The second-order valence-corrected chi connectivity index (χ2v) is 4.72. The first-order valence-corrected chi connectivity index (χ1v) is 6.16. The van der Waals surface area contributed by atoms with Crippen LogP contribution in [0.1, 0.15) is 10.4 Å². The fourth-order valence-corrected chi connectivity index (χ4v) is 1.67. The van der Waals surface area contributed by atoms with E-state index in [4.69, 9.17) is 5.11 Å². The Morgan fingerprint density at radius 2 is 1.95 bits per heavy atom. The number of amides is 2. The molecule has 0 atom stereocenters.